The molecule has 8 heteroatoms. The van der Waals surface area contributed by atoms with Gasteiger partial charge in [0.1, 0.15) is 0 Å². The first-order chi connectivity index (χ1) is 12.0. The molecule has 0 bridgehead atoms. The van der Waals surface area contributed by atoms with Crippen molar-refractivity contribution in [2.75, 3.05) is 5.32 Å². The van der Waals surface area contributed by atoms with Crippen LogP contribution in [0, 0.1) is 10.1 Å². The van der Waals surface area contributed by atoms with Crippen molar-refractivity contribution in [1.29, 1.82) is 0 Å². The van der Waals surface area contributed by atoms with Gasteiger partial charge in [-0.1, -0.05) is 18.2 Å². The minimum atomic E-state index is -0.598. The Bertz CT molecular complexity index is 975. The number of hydrogen-bond acceptors (Lipinski definition) is 5. The van der Waals surface area contributed by atoms with E-state index < -0.39 is 10.7 Å². The standard InChI is InChI=1S/C17H15N3O5/c21-16(18-12-5-2-1-3-6-12)7-4-10-19-14-9-8-13(20(23)24)11-15(14)25-17(19)22/h1-3,5-6,8-9,11H,4,7,10H2,(H,18,21). The van der Waals surface area contributed by atoms with Crippen LogP contribution in [-0.4, -0.2) is 15.4 Å². The molecule has 0 fully saturated rings. The lowest BCUT2D eigenvalue weighted by Gasteiger charge is -2.05. The van der Waals surface area contributed by atoms with Gasteiger partial charge in [-0.15, -0.1) is 0 Å². The fraction of sp³-hybridized carbons (Fsp3) is 0.176. The first-order valence-corrected chi connectivity index (χ1v) is 7.67. The number of oxazole rings is 1. The smallest absolute Gasteiger partial charge is 0.407 e. The Morgan fingerprint density at radius 3 is 2.68 bits per heavy atom. The third-order valence-electron chi connectivity index (χ3n) is 3.71. The van der Waals surface area contributed by atoms with Crippen molar-refractivity contribution in [1.82, 2.24) is 4.57 Å². The van der Waals surface area contributed by atoms with Crippen LogP contribution in [0.15, 0.2) is 57.7 Å². The maximum Gasteiger partial charge on any atom is 0.419 e. The number of benzene rings is 2. The van der Waals surface area contributed by atoms with Gasteiger partial charge in [0.15, 0.2) is 5.58 Å². The Kier molecular flexibility index (Phi) is 4.60. The SMILES string of the molecule is O=C(CCCn1c(=O)oc2cc([N+](=O)[O-])ccc21)Nc1ccccc1. The van der Waals surface area contributed by atoms with Gasteiger partial charge in [-0.2, -0.15) is 0 Å². The number of carbonyl (C=O) groups is 1. The Morgan fingerprint density at radius 1 is 1.20 bits per heavy atom. The van der Waals surface area contributed by atoms with E-state index in [9.17, 15) is 19.7 Å². The van der Waals surface area contributed by atoms with E-state index in [1.807, 2.05) is 18.2 Å². The second kappa shape index (κ2) is 7.00. The van der Waals surface area contributed by atoms with Gasteiger partial charge in [0.2, 0.25) is 5.91 Å². The summed E-state index contributed by atoms with van der Waals surface area (Å²) in [5, 5.41) is 13.5. The number of nitrogens with one attached hydrogen (secondary N) is 1. The molecule has 1 N–H and O–H groups in total. The molecule has 0 aliphatic heterocycles. The van der Waals surface area contributed by atoms with Crippen LogP contribution in [-0.2, 0) is 11.3 Å². The highest BCUT2D eigenvalue weighted by molar-refractivity contribution is 5.90. The molecule has 3 aromatic rings. The van der Waals surface area contributed by atoms with E-state index in [4.69, 9.17) is 4.42 Å². The van der Waals surface area contributed by atoms with Gasteiger partial charge in [-0.3, -0.25) is 19.5 Å². The lowest BCUT2D eigenvalue weighted by atomic mass is 10.2. The van der Waals surface area contributed by atoms with Crippen molar-refractivity contribution in [2.45, 2.75) is 19.4 Å². The summed E-state index contributed by atoms with van der Waals surface area (Å²) in [4.78, 5) is 34.0. The molecular weight excluding hydrogens is 326 g/mol. The van der Waals surface area contributed by atoms with E-state index in [1.54, 1.807) is 12.1 Å². The largest absolute Gasteiger partial charge is 0.419 e. The summed E-state index contributed by atoms with van der Waals surface area (Å²) in [6, 6.07) is 13.1. The van der Waals surface area contributed by atoms with Crippen LogP contribution in [0.3, 0.4) is 0 Å². The molecule has 0 spiro atoms. The maximum atomic E-state index is 11.9. The molecule has 0 aliphatic carbocycles. The Balaban J connectivity index is 1.65. The number of nitro benzene ring substituents is 1. The Labute approximate surface area is 141 Å². The van der Waals surface area contributed by atoms with Crippen molar-refractivity contribution >= 4 is 28.4 Å². The molecule has 0 saturated carbocycles. The van der Waals surface area contributed by atoms with E-state index >= 15 is 0 Å². The van der Waals surface area contributed by atoms with Crippen molar-refractivity contribution in [3.8, 4) is 0 Å². The lowest BCUT2D eigenvalue weighted by molar-refractivity contribution is -0.384. The van der Waals surface area contributed by atoms with Crippen molar-refractivity contribution in [2.24, 2.45) is 0 Å². The van der Waals surface area contributed by atoms with Gasteiger partial charge < -0.3 is 9.73 Å². The fourth-order valence-corrected chi connectivity index (χ4v) is 2.52. The lowest BCUT2D eigenvalue weighted by Crippen LogP contribution is -2.17. The number of nitro groups is 1. The number of carbonyl (C=O) groups excluding carboxylic acids is 1. The molecule has 0 unspecified atom stereocenters. The van der Waals surface area contributed by atoms with E-state index in [-0.39, 0.29) is 30.1 Å². The monoisotopic (exact) mass is 341 g/mol. The second-order valence-corrected chi connectivity index (χ2v) is 5.45. The van der Waals surface area contributed by atoms with E-state index in [0.29, 0.717) is 17.6 Å². The number of nitrogens with zero attached hydrogens (tertiary/aromatic N) is 2. The van der Waals surface area contributed by atoms with Crippen molar-refractivity contribution in [3.63, 3.8) is 0 Å². The van der Waals surface area contributed by atoms with E-state index in [2.05, 4.69) is 5.32 Å². The molecule has 1 amide bonds. The predicted octanol–water partition coefficient (Wildman–Crippen LogP) is 2.92. The normalized spacial score (nSPS) is 10.7. The molecule has 0 radical (unpaired) electrons. The number of fused-ring (bicyclic) bond motifs is 1. The number of hydrogen-bond donors (Lipinski definition) is 1. The van der Waals surface area contributed by atoms with Gasteiger partial charge in [-0.05, 0) is 24.6 Å². The van der Waals surface area contributed by atoms with Crippen molar-refractivity contribution in [3.05, 3.63) is 69.2 Å². The van der Waals surface area contributed by atoms with Crippen LogP contribution >= 0.6 is 0 Å². The van der Waals surface area contributed by atoms with Crippen LogP contribution in [0.5, 0.6) is 0 Å². The molecule has 0 aliphatic rings. The number of rotatable bonds is 6. The molecular formula is C17H15N3O5. The minimum absolute atomic E-state index is 0.143. The molecule has 8 nitrogen and oxygen atoms in total. The van der Waals surface area contributed by atoms with Gasteiger partial charge in [0, 0.05) is 24.7 Å². The highest BCUT2D eigenvalue weighted by Crippen LogP contribution is 2.20. The molecule has 25 heavy (non-hydrogen) atoms. The summed E-state index contributed by atoms with van der Waals surface area (Å²) in [6.45, 7) is 0.284. The zero-order valence-corrected chi connectivity index (χ0v) is 13.2. The third kappa shape index (κ3) is 3.74. The van der Waals surface area contributed by atoms with E-state index in [1.165, 1.54) is 22.8 Å². The predicted molar refractivity (Wildman–Crippen MR) is 91.4 cm³/mol. The number of para-hydroxylation sites is 1. The van der Waals surface area contributed by atoms with Crippen LogP contribution in [0.2, 0.25) is 0 Å². The zero-order chi connectivity index (χ0) is 17.8. The average molecular weight is 341 g/mol. The quantitative estimate of drug-likeness (QED) is 0.548. The topological polar surface area (TPSA) is 107 Å². The minimum Gasteiger partial charge on any atom is -0.407 e. The summed E-state index contributed by atoms with van der Waals surface area (Å²) < 4.78 is 6.42. The molecule has 0 saturated heterocycles. The van der Waals surface area contributed by atoms with Crippen LogP contribution in [0.25, 0.3) is 11.1 Å². The summed E-state index contributed by atoms with van der Waals surface area (Å²) in [5.41, 5.74) is 1.20. The van der Waals surface area contributed by atoms with Gasteiger partial charge in [-0.25, -0.2) is 4.79 Å². The first-order valence-electron chi connectivity index (χ1n) is 7.67. The molecule has 1 heterocycles. The second-order valence-electron chi connectivity index (χ2n) is 5.45. The van der Waals surface area contributed by atoms with Gasteiger partial charge >= 0.3 is 5.76 Å². The molecule has 3 rings (SSSR count). The Morgan fingerprint density at radius 2 is 1.96 bits per heavy atom. The summed E-state index contributed by atoms with van der Waals surface area (Å²) in [5.74, 6) is -0.748. The molecule has 128 valence electrons. The number of aromatic nitrogens is 1. The van der Waals surface area contributed by atoms with Gasteiger partial charge in [0.25, 0.3) is 5.69 Å². The average Bonchev–Trinajstić information content (AvgIpc) is 2.90. The molecule has 0 atom stereocenters. The number of aryl methyl sites for hydroxylation is 1. The zero-order valence-electron chi connectivity index (χ0n) is 13.2. The van der Waals surface area contributed by atoms with Gasteiger partial charge in [0.05, 0.1) is 16.5 Å². The molecule has 1 aromatic heterocycles. The summed E-state index contributed by atoms with van der Waals surface area (Å²) in [6.07, 6.45) is 0.672. The van der Waals surface area contributed by atoms with E-state index in [0.717, 1.165) is 0 Å². The fourth-order valence-electron chi connectivity index (χ4n) is 2.52. The summed E-state index contributed by atoms with van der Waals surface area (Å²) in [7, 11) is 0. The van der Waals surface area contributed by atoms with Crippen LogP contribution in [0.1, 0.15) is 12.8 Å². The highest BCUT2D eigenvalue weighted by Gasteiger charge is 2.14. The summed E-state index contributed by atoms with van der Waals surface area (Å²) >= 11 is 0. The highest BCUT2D eigenvalue weighted by atomic mass is 16.6. The first kappa shape index (κ1) is 16.4. The third-order valence-corrected chi connectivity index (χ3v) is 3.71. The number of amides is 1. The number of anilines is 1. The van der Waals surface area contributed by atoms with Crippen LogP contribution < -0.4 is 11.1 Å². The Hall–Kier alpha value is -3.42. The van der Waals surface area contributed by atoms with Crippen LogP contribution in [0.4, 0.5) is 11.4 Å². The number of non-ortho nitro benzene ring substituents is 1. The maximum absolute atomic E-state index is 11.9. The molecule has 2 aromatic carbocycles. The van der Waals surface area contributed by atoms with Crippen molar-refractivity contribution < 1.29 is 14.1 Å².